The molecule has 0 bridgehead atoms. The monoisotopic (exact) mass is 891 g/mol. The molecule has 0 radical (unpaired) electrons. The lowest BCUT2D eigenvalue weighted by molar-refractivity contribution is -0.220. The van der Waals surface area contributed by atoms with Gasteiger partial charge >= 0.3 is 19.8 Å². The Kier molecular flexibility index (Phi) is 35.4. The summed E-state index contributed by atoms with van der Waals surface area (Å²) in [5, 5.41) is 50.2. The van der Waals surface area contributed by atoms with Crippen LogP contribution < -0.4 is 0 Å². The maximum atomic E-state index is 12.8. The van der Waals surface area contributed by atoms with Crippen molar-refractivity contribution < 1.29 is 63.1 Å². The van der Waals surface area contributed by atoms with Crippen molar-refractivity contribution in [2.24, 2.45) is 0 Å². The molecular formula is C47H87O13P. The normalized spacial score (nSPS) is 22.2. The number of aliphatic hydroxyl groups excluding tert-OH is 5. The van der Waals surface area contributed by atoms with E-state index in [1.54, 1.807) is 0 Å². The van der Waals surface area contributed by atoms with Crippen LogP contribution in [0, 0.1) is 0 Å². The Bertz CT molecular complexity index is 1170. The summed E-state index contributed by atoms with van der Waals surface area (Å²) in [6.07, 6.45) is 28.0. The van der Waals surface area contributed by atoms with Crippen LogP contribution in [0.3, 0.4) is 0 Å². The lowest BCUT2D eigenvalue weighted by Gasteiger charge is -2.41. The molecule has 0 aromatic heterocycles. The van der Waals surface area contributed by atoms with Gasteiger partial charge < -0.3 is 39.9 Å². The van der Waals surface area contributed by atoms with Gasteiger partial charge in [0, 0.05) is 12.8 Å². The van der Waals surface area contributed by atoms with Gasteiger partial charge in [-0.15, -0.1) is 0 Å². The fraction of sp³-hybridized carbons (Fsp3) is 0.872. The molecule has 14 heteroatoms. The first-order valence-corrected chi connectivity index (χ1v) is 25.6. The molecule has 1 aliphatic rings. The highest BCUT2D eigenvalue weighted by molar-refractivity contribution is 7.47. The predicted molar refractivity (Wildman–Crippen MR) is 240 cm³/mol. The summed E-state index contributed by atoms with van der Waals surface area (Å²) >= 11 is 0. The van der Waals surface area contributed by atoms with Crippen LogP contribution in [0.15, 0.2) is 24.3 Å². The number of hydrogen-bond donors (Lipinski definition) is 6. The molecule has 61 heavy (non-hydrogen) atoms. The number of phosphoric acid groups is 1. The molecule has 0 amide bonds. The third-order valence-corrected chi connectivity index (χ3v) is 12.3. The number of aliphatic hydroxyl groups is 5. The van der Waals surface area contributed by atoms with Crippen molar-refractivity contribution in [2.75, 3.05) is 13.2 Å². The summed E-state index contributed by atoms with van der Waals surface area (Å²) in [4.78, 5) is 35.7. The highest BCUT2D eigenvalue weighted by Gasteiger charge is 2.51. The molecule has 1 saturated carbocycles. The average molecular weight is 891 g/mol. The minimum Gasteiger partial charge on any atom is -0.462 e. The number of phosphoric ester groups is 1. The van der Waals surface area contributed by atoms with E-state index in [1.807, 2.05) is 0 Å². The van der Waals surface area contributed by atoms with Crippen molar-refractivity contribution in [3.63, 3.8) is 0 Å². The number of esters is 2. The van der Waals surface area contributed by atoms with Gasteiger partial charge in [-0.3, -0.25) is 18.6 Å². The molecule has 3 unspecified atom stereocenters. The van der Waals surface area contributed by atoms with E-state index in [9.17, 15) is 44.6 Å². The van der Waals surface area contributed by atoms with Gasteiger partial charge in [0.25, 0.3) is 0 Å². The zero-order valence-corrected chi connectivity index (χ0v) is 38.9. The summed E-state index contributed by atoms with van der Waals surface area (Å²) < 4.78 is 33.6. The maximum Gasteiger partial charge on any atom is 0.472 e. The zero-order chi connectivity index (χ0) is 45.0. The molecule has 0 aromatic rings. The second-order valence-electron chi connectivity index (χ2n) is 17.0. The molecule has 1 aliphatic carbocycles. The van der Waals surface area contributed by atoms with Crippen molar-refractivity contribution in [3.05, 3.63) is 24.3 Å². The molecule has 0 heterocycles. The minimum absolute atomic E-state index is 0.1000. The Morgan fingerprint density at radius 3 is 1.36 bits per heavy atom. The standard InChI is InChI=1S/C47H87O13P/c1-3-5-7-9-11-13-15-17-18-19-20-21-22-24-25-27-29-31-33-35-40(48)57-37-39(38-58-61(55,56)60-47-45(53)43(51)42(50)44(52)46(47)54)59-41(49)36-34-32-30-28-26-23-16-14-12-10-8-6-4-2/h11,13,17-18,39,42-47,50-54H,3-10,12,14-16,19-38H2,1-2H3,(H,55,56)/b13-11-,18-17-/t39-,42?,43-,44+,45-,46-,47?/m1/s1. The van der Waals surface area contributed by atoms with Crippen molar-refractivity contribution in [1.82, 2.24) is 0 Å². The van der Waals surface area contributed by atoms with Crippen LogP contribution in [0.1, 0.15) is 206 Å². The minimum atomic E-state index is -5.11. The average Bonchev–Trinajstić information content (AvgIpc) is 3.24. The number of ether oxygens (including phenoxy) is 2. The van der Waals surface area contributed by atoms with Gasteiger partial charge in [-0.1, -0.05) is 173 Å². The lowest BCUT2D eigenvalue weighted by Crippen LogP contribution is -2.64. The first-order valence-electron chi connectivity index (χ1n) is 24.1. The molecule has 1 fully saturated rings. The van der Waals surface area contributed by atoms with E-state index < -0.39 is 75.7 Å². The van der Waals surface area contributed by atoms with Crippen LogP contribution in [0.2, 0.25) is 0 Å². The van der Waals surface area contributed by atoms with E-state index in [0.717, 1.165) is 64.2 Å². The molecule has 13 nitrogen and oxygen atoms in total. The quantitative estimate of drug-likeness (QED) is 0.0147. The third-order valence-electron chi connectivity index (χ3n) is 11.3. The predicted octanol–water partition coefficient (Wildman–Crippen LogP) is 9.62. The summed E-state index contributed by atoms with van der Waals surface area (Å²) in [5.74, 6) is -1.10. The number of carbonyl (C=O) groups excluding carboxylic acids is 2. The van der Waals surface area contributed by atoms with Crippen LogP contribution in [0.4, 0.5) is 0 Å². The second-order valence-corrected chi connectivity index (χ2v) is 18.4. The first kappa shape index (κ1) is 57.3. The molecule has 0 aromatic carbocycles. The molecule has 0 aliphatic heterocycles. The van der Waals surface area contributed by atoms with E-state index in [-0.39, 0.29) is 12.8 Å². The van der Waals surface area contributed by atoms with E-state index in [1.165, 1.54) is 103 Å². The number of unbranched alkanes of at least 4 members (excludes halogenated alkanes) is 24. The Morgan fingerprint density at radius 1 is 0.508 bits per heavy atom. The van der Waals surface area contributed by atoms with Gasteiger partial charge in [0.2, 0.25) is 0 Å². The molecule has 0 saturated heterocycles. The fourth-order valence-electron chi connectivity index (χ4n) is 7.38. The van der Waals surface area contributed by atoms with Crippen molar-refractivity contribution in [2.45, 2.75) is 249 Å². The zero-order valence-electron chi connectivity index (χ0n) is 38.0. The van der Waals surface area contributed by atoms with Crippen molar-refractivity contribution in [1.29, 1.82) is 0 Å². The summed E-state index contributed by atoms with van der Waals surface area (Å²) in [6.45, 7) is 3.28. The van der Waals surface area contributed by atoms with Gasteiger partial charge in [-0.2, -0.15) is 0 Å². The van der Waals surface area contributed by atoms with E-state index in [2.05, 4.69) is 38.2 Å². The van der Waals surface area contributed by atoms with Gasteiger partial charge in [-0.05, 0) is 44.9 Å². The molecule has 1 rings (SSSR count). The number of rotatable bonds is 40. The summed E-state index contributed by atoms with van der Waals surface area (Å²) in [7, 11) is -5.11. The Balaban J connectivity index is 2.41. The van der Waals surface area contributed by atoms with Crippen LogP contribution in [-0.2, 0) is 32.7 Å². The highest BCUT2D eigenvalue weighted by Crippen LogP contribution is 2.47. The van der Waals surface area contributed by atoms with Crippen LogP contribution in [-0.4, -0.2) is 98.3 Å². The van der Waals surface area contributed by atoms with Crippen molar-refractivity contribution >= 4 is 19.8 Å². The Hall–Kier alpha value is -1.67. The maximum absolute atomic E-state index is 12.8. The van der Waals surface area contributed by atoms with Crippen LogP contribution in [0.25, 0.3) is 0 Å². The first-order chi connectivity index (χ1) is 29.4. The fourth-order valence-corrected chi connectivity index (χ4v) is 8.35. The molecule has 358 valence electrons. The third kappa shape index (κ3) is 30.2. The van der Waals surface area contributed by atoms with Crippen LogP contribution in [0.5, 0.6) is 0 Å². The number of hydrogen-bond acceptors (Lipinski definition) is 12. The van der Waals surface area contributed by atoms with Gasteiger partial charge in [0.15, 0.2) is 6.10 Å². The molecule has 8 atom stereocenters. The van der Waals surface area contributed by atoms with Gasteiger partial charge in [0.1, 0.15) is 43.2 Å². The topological polar surface area (TPSA) is 210 Å². The SMILES string of the molecule is CCCCC/C=C\C/C=C\CCCCCCCCCCCC(=O)OC[C@H](COP(=O)(O)OC1[C@H](O)[C@H](O)C(O)[C@H](O)[C@H]1O)OC(=O)CCCCCCCCCCCCCCC. The van der Waals surface area contributed by atoms with E-state index in [0.29, 0.717) is 12.8 Å². The highest BCUT2D eigenvalue weighted by atomic mass is 31.2. The lowest BCUT2D eigenvalue weighted by atomic mass is 9.85. The van der Waals surface area contributed by atoms with E-state index in [4.69, 9.17) is 18.5 Å². The number of carbonyl (C=O) groups is 2. The Morgan fingerprint density at radius 2 is 0.885 bits per heavy atom. The Labute approximate surface area is 368 Å². The van der Waals surface area contributed by atoms with Gasteiger partial charge in [0.05, 0.1) is 6.61 Å². The summed E-state index contributed by atoms with van der Waals surface area (Å²) in [6, 6.07) is 0. The smallest absolute Gasteiger partial charge is 0.462 e. The van der Waals surface area contributed by atoms with Gasteiger partial charge in [-0.25, -0.2) is 4.57 Å². The molecular weight excluding hydrogens is 803 g/mol. The van der Waals surface area contributed by atoms with Crippen molar-refractivity contribution in [3.8, 4) is 0 Å². The molecule has 0 spiro atoms. The largest absolute Gasteiger partial charge is 0.472 e. The second kappa shape index (κ2) is 37.7. The van der Waals surface area contributed by atoms with E-state index >= 15 is 0 Å². The van der Waals surface area contributed by atoms with Crippen LogP contribution >= 0.6 is 7.82 Å². The summed E-state index contributed by atoms with van der Waals surface area (Å²) in [5.41, 5.74) is 0. The number of allylic oxidation sites excluding steroid dienone is 4. The molecule has 6 N–H and O–H groups in total.